The molecule has 3 atom stereocenters. The van der Waals surface area contributed by atoms with Crippen molar-refractivity contribution in [2.45, 2.75) is 87.2 Å². The smallest absolute Gasteiger partial charge is 0.340 e. The molecule has 0 amide bonds. The van der Waals surface area contributed by atoms with Crippen LogP contribution >= 0.6 is 11.6 Å². The molecule has 0 aliphatic carbocycles. The monoisotopic (exact) mass is 700 g/mol. The normalized spacial score (nSPS) is 16.5. The number of sulfone groups is 1. The largest absolute Gasteiger partial charge is 0.462 e. The standard InChI is InChI=1S/C36H45ClN2O8S/c1-6-44-34(40)29-23-28(17-18-30(29)38-5)48(42,43)27-15-13-24(14-16-27)19-20-39-32(35(41)47-36(2,3)4)33(25-10-9-11-26(37)22-25)46-31-12-7-8-21-45-31/h9-11,13-18,22-23,31-33,38-39H,6-8,12,19-21H2,1-5H3/t31?,32?,33-/m1/s1. The van der Waals surface area contributed by atoms with Crippen LogP contribution in [0.4, 0.5) is 5.69 Å². The maximum Gasteiger partial charge on any atom is 0.340 e. The number of hydrogen-bond donors (Lipinski definition) is 2. The van der Waals surface area contributed by atoms with Crippen molar-refractivity contribution in [3.8, 4) is 0 Å². The number of halogens is 1. The first-order valence-corrected chi connectivity index (χ1v) is 18.0. The first kappa shape index (κ1) is 37.3. The summed E-state index contributed by atoms with van der Waals surface area (Å²) in [4.78, 5) is 26.2. The molecular formula is C36H45ClN2O8S. The van der Waals surface area contributed by atoms with Gasteiger partial charge in [-0.25, -0.2) is 13.2 Å². The van der Waals surface area contributed by atoms with Crippen molar-refractivity contribution in [3.05, 3.63) is 88.4 Å². The second-order valence-corrected chi connectivity index (χ2v) is 14.8. The zero-order valence-corrected chi connectivity index (χ0v) is 29.7. The topological polar surface area (TPSA) is 129 Å². The summed E-state index contributed by atoms with van der Waals surface area (Å²) in [7, 11) is -2.28. The van der Waals surface area contributed by atoms with Crippen molar-refractivity contribution in [2.75, 3.05) is 32.1 Å². The lowest BCUT2D eigenvalue weighted by molar-refractivity contribution is -0.202. The lowest BCUT2D eigenvalue weighted by Gasteiger charge is -2.33. The molecule has 2 N–H and O–H groups in total. The fraction of sp³-hybridized carbons (Fsp3) is 0.444. The van der Waals surface area contributed by atoms with Gasteiger partial charge in [-0.3, -0.25) is 4.79 Å². The first-order valence-electron chi connectivity index (χ1n) is 16.1. The summed E-state index contributed by atoms with van der Waals surface area (Å²) in [5.41, 5.74) is 1.43. The van der Waals surface area contributed by atoms with Crippen LogP contribution in [0.25, 0.3) is 0 Å². The lowest BCUT2D eigenvalue weighted by Crippen LogP contribution is -2.47. The molecule has 0 saturated carbocycles. The number of ether oxygens (including phenoxy) is 4. The minimum atomic E-state index is -3.93. The fourth-order valence-electron chi connectivity index (χ4n) is 5.32. The quantitative estimate of drug-likeness (QED) is 0.179. The van der Waals surface area contributed by atoms with Gasteiger partial charge in [-0.1, -0.05) is 35.9 Å². The third-order valence-electron chi connectivity index (χ3n) is 7.65. The van der Waals surface area contributed by atoms with Gasteiger partial charge in [0.05, 0.1) is 22.0 Å². The molecule has 0 spiro atoms. The summed E-state index contributed by atoms with van der Waals surface area (Å²) >= 11 is 6.35. The fourth-order valence-corrected chi connectivity index (χ4v) is 6.81. The Morgan fingerprint density at radius 2 is 1.75 bits per heavy atom. The van der Waals surface area contributed by atoms with Crippen LogP contribution in [0.2, 0.25) is 5.02 Å². The zero-order chi connectivity index (χ0) is 34.9. The van der Waals surface area contributed by atoms with Gasteiger partial charge in [-0.05, 0) is 107 Å². The second-order valence-electron chi connectivity index (χ2n) is 12.4. The predicted octanol–water partition coefficient (Wildman–Crippen LogP) is 6.52. The summed E-state index contributed by atoms with van der Waals surface area (Å²) in [6.07, 6.45) is 1.86. The van der Waals surface area contributed by atoms with E-state index in [9.17, 15) is 18.0 Å². The number of hydrogen-bond acceptors (Lipinski definition) is 10. The van der Waals surface area contributed by atoms with Gasteiger partial charge < -0.3 is 29.6 Å². The van der Waals surface area contributed by atoms with Crippen molar-refractivity contribution >= 4 is 39.1 Å². The minimum Gasteiger partial charge on any atom is -0.462 e. The maximum atomic E-state index is 13.6. The number of carbonyl (C=O) groups excluding carboxylic acids is 2. The van der Waals surface area contributed by atoms with E-state index in [4.69, 9.17) is 30.5 Å². The van der Waals surface area contributed by atoms with Crippen LogP contribution < -0.4 is 10.6 Å². The average Bonchev–Trinajstić information content (AvgIpc) is 3.05. The van der Waals surface area contributed by atoms with E-state index in [1.807, 2.05) is 32.9 Å². The van der Waals surface area contributed by atoms with Crippen molar-refractivity contribution in [3.63, 3.8) is 0 Å². The molecule has 2 unspecified atom stereocenters. The molecule has 0 radical (unpaired) electrons. The molecule has 0 bridgehead atoms. The Bertz CT molecular complexity index is 1650. The third-order valence-corrected chi connectivity index (χ3v) is 9.66. The van der Waals surface area contributed by atoms with Crippen LogP contribution in [-0.4, -0.2) is 65.1 Å². The van der Waals surface area contributed by atoms with Gasteiger partial charge >= 0.3 is 11.9 Å². The Morgan fingerprint density at radius 3 is 2.38 bits per heavy atom. The van der Waals surface area contributed by atoms with Gasteiger partial charge in [-0.2, -0.15) is 0 Å². The van der Waals surface area contributed by atoms with Crippen molar-refractivity contribution in [1.82, 2.24) is 5.32 Å². The Balaban J connectivity index is 1.53. The lowest BCUT2D eigenvalue weighted by atomic mass is 10.0. The number of carbonyl (C=O) groups is 2. The van der Waals surface area contributed by atoms with Gasteiger partial charge in [-0.15, -0.1) is 0 Å². The van der Waals surface area contributed by atoms with Crippen molar-refractivity contribution < 1.29 is 37.0 Å². The molecule has 12 heteroatoms. The Morgan fingerprint density at radius 1 is 1.02 bits per heavy atom. The highest BCUT2D eigenvalue weighted by atomic mass is 35.5. The summed E-state index contributed by atoms with van der Waals surface area (Å²) in [5.74, 6) is -1.09. The molecule has 1 heterocycles. The van der Waals surface area contributed by atoms with E-state index in [1.165, 1.54) is 24.3 Å². The summed E-state index contributed by atoms with van der Waals surface area (Å²) in [5, 5.41) is 6.75. The molecule has 4 rings (SSSR count). The van der Waals surface area contributed by atoms with Crippen molar-refractivity contribution in [1.29, 1.82) is 0 Å². The minimum absolute atomic E-state index is 0.0202. The third kappa shape index (κ3) is 10.0. The molecule has 1 aliphatic rings. The summed E-state index contributed by atoms with van der Waals surface area (Å²) in [6.45, 7) is 8.21. The number of esters is 2. The van der Waals surface area contributed by atoms with E-state index in [1.54, 1.807) is 44.3 Å². The molecule has 48 heavy (non-hydrogen) atoms. The first-order chi connectivity index (χ1) is 22.8. The average molecular weight is 701 g/mol. The molecule has 260 valence electrons. The molecule has 3 aromatic rings. The maximum absolute atomic E-state index is 13.6. The second kappa shape index (κ2) is 16.8. The van der Waals surface area contributed by atoms with E-state index in [2.05, 4.69) is 10.6 Å². The number of rotatable bonds is 14. The highest BCUT2D eigenvalue weighted by Gasteiger charge is 2.36. The predicted molar refractivity (Wildman–Crippen MR) is 184 cm³/mol. The van der Waals surface area contributed by atoms with Gasteiger partial charge in [0.2, 0.25) is 9.84 Å². The summed E-state index contributed by atoms with van der Waals surface area (Å²) < 4.78 is 50.2. The highest BCUT2D eigenvalue weighted by molar-refractivity contribution is 7.91. The molecule has 1 aliphatic heterocycles. The highest BCUT2D eigenvalue weighted by Crippen LogP contribution is 2.31. The van der Waals surface area contributed by atoms with E-state index >= 15 is 0 Å². The Kier molecular flexibility index (Phi) is 13.0. The van der Waals surface area contributed by atoms with Gasteiger partial charge in [0.1, 0.15) is 17.7 Å². The summed E-state index contributed by atoms with van der Waals surface area (Å²) in [6, 6.07) is 17.2. The van der Waals surface area contributed by atoms with Crippen LogP contribution in [0, 0.1) is 0 Å². The number of benzene rings is 3. The Hall–Kier alpha value is -3.48. The van der Waals surface area contributed by atoms with Crippen LogP contribution in [0.1, 0.15) is 74.5 Å². The SMILES string of the molecule is CCOC(=O)c1cc(S(=O)(=O)c2ccc(CCNC(C(=O)OC(C)(C)C)[C@H](OC3CCCCO3)c3cccc(Cl)c3)cc2)ccc1NC. The van der Waals surface area contributed by atoms with Crippen molar-refractivity contribution in [2.24, 2.45) is 0 Å². The number of anilines is 1. The number of nitrogens with one attached hydrogen (secondary N) is 2. The molecule has 1 saturated heterocycles. The van der Waals surface area contributed by atoms with Crippen LogP contribution in [0.5, 0.6) is 0 Å². The zero-order valence-electron chi connectivity index (χ0n) is 28.1. The molecule has 0 aromatic heterocycles. The Labute approximate surface area is 288 Å². The van der Waals surface area contributed by atoms with Gasteiger partial charge in [0.15, 0.2) is 6.29 Å². The van der Waals surface area contributed by atoms with E-state index in [0.29, 0.717) is 42.3 Å². The van der Waals surface area contributed by atoms with E-state index in [0.717, 1.165) is 18.4 Å². The van der Waals surface area contributed by atoms with Gasteiger partial charge in [0.25, 0.3) is 0 Å². The molecule has 10 nitrogen and oxygen atoms in total. The van der Waals surface area contributed by atoms with Gasteiger partial charge in [0, 0.05) is 30.9 Å². The molecule has 1 fully saturated rings. The van der Waals surface area contributed by atoms with E-state index in [-0.39, 0.29) is 22.0 Å². The molecule has 3 aromatic carbocycles. The van der Waals surface area contributed by atoms with Crippen LogP contribution in [-0.2, 0) is 40.0 Å². The van der Waals surface area contributed by atoms with E-state index < -0.39 is 45.8 Å². The van der Waals surface area contributed by atoms with Crippen LogP contribution in [0.15, 0.2) is 76.5 Å². The molecular weight excluding hydrogens is 656 g/mol. The van der Waals surface area contributed by atoms with Crippen LogP contribution in [0.3, 0.4) is 0 Å².